The summed E-state index contributed by atoms with van der Waals surface area (Å²) in [7, 11) is 1.40. The van der Waals surface area contributed by atoms with E-state index in [1.54, 1.807) is 0 Å². The van der Waals surface area contributed by atoms with Gasteiger partial charge in [-0.05, 0) is 12.6 Å². The Labute approximate surface area is 110 Å². The van der Waals surface area contributed by atoms with Crippen LogP contribution in [0.15, 0.2) is 30.3 Å². The molecule has 0 amide bonds. The second kappa shape index (κ2) is 6.15. The third-order valence-electron chi connectivity index (χ3n) is 2.49. The summed E-state index contributed by atoms with van der Waals surface area (Å²) in [5.41, 5.74) is 6.44. The number of alkyl halides is 3. The maximum absolute atomic E-state index is 12.3. The summed E-state index contributed by atoms with van der Waals surface area (Å²) >= 11 is 4.93. The van der Waals surface area contributed by atoms with Crippen LogP contribution in [0.2, 0.25) is 0 Å². The monoisotopic (exact) mass is 276 g/mol. The lowest BCUT2D eigenvalue weighted by atomic mass is 9.98. The van der Waals surface area contributed by atoms with Gasteiger partial charge in [0.1, 0.15) is 0 Å². The van der Waals surface area contributed by atoms with Gasteiger partial charge in [-0.1, -0.05) is 42.5 Å². The fourth-order valence-corrected chi connectivity index (χ4v) is 1.94. The van der Waals surface area contributed by atoms with Gasteiger partial charge >= 0.3 is 6.18 Å². The molecule has 1 aromatic carbocycles. The molecule has 0 aliphatic carbocycles. The van der Waals surface area contributed by atoms with Crippen molar-refractivity contribution in [3.8, 4) is 0 Å². The Bertz CT molecular complexity index is 392. The van der Waals surface area contributed by atoms with Crippen LogP contribution in [-0.2, 0) is 0 Å². The van der Waals surface area contributed by atoms with Crippen LogP contribution in [0.5, 0.6) is 0 Å². The third-order valence-corrected chi connectivity index (χ3v) is 2.77. The van der Waals surface area contributed by atoms with Crippen molar-refractivity contribution in [1.82, 2.24) is 4.90 Å². The molecule has 2 N–H and O–H groups in total. The molecule has 0 bridgehead atoms. The van der Waals surface area contributed by atoms with Gasteiger partial charge in [0.15, 0.2) is 0 Å². The van der Waals surface area contributed by atoms with E-state index in [1.165, 1.54) is 11.9 Å². The smallest absolute Gasteiger partial charge is 0.393 e. The Morgan fingerprint density at radius 1 is 1.33 bits per heavy atom. The molecule has 0 saturated heterocycles. The van der Waals surface area contributed by atoms with Gasteiger partial charge in [0.2, 0.25) is 0 Å². The van der Waals surface area contributed by atoms with Gasteiger partial charge in [-0.15, -0.1) is 0 Å². The summed E-state index contributed by atoms with van der Waals surface area (Å²) in [6.45, 7) is -0.822. The summed E-state index contributed by atoms with van der Waals surface area (Å²) in [6, 6.07) is 9.07. The summed E-state index contributed by atoms with van der Waals surface area (Å²) in [4.78, 5) is 1.38. The molecule has 0 fully saturated rings. The van der Waals surface area contributed by atoms with E-state index in [1.807, 2.05) is 30.3 Å². The summed E-state index contributed by atoms with van der Waals surface area (Å²) in [5, 5.41) is 0. The maximum Gasteiger partial charge on any atom is 0.401 e. The number of halogens is 3. The Hall–Kier alpha value is -1.14. The maximum atomic E-state index is 12.3. The average molecular weight is 276 g/mol. The van der Waals surface area contributed by atoms with E-state index in [9.17, 15) is 13.2 Å². The zero-order chi connectivity index (χ0) is 13.8. The molecule has 0 heterocycles. The molecule has 0 aliphatic rings. The molecule has 1 rings (SSSR count). The van der Waals surface area contributed by atoms with Gasteiger partial charge in [0, 0.05) is 12.5 Å². The predicted molar refractivity (Wildman–Crippen MR) is 69.5 cm³/mol. The highest BCUT2D eigenvalue weighted by atomic mass is 32.1. The third kappa shape index (κ3) is 5.01. The van der Waals surface area contributed by atoms with Crippen molar-refractivity contribution >= 4 is 17.2 Å². The van der Waals surface area contributed by atoms with E-state index < -0.39 is 12.7 Å². The van der Waals surface area contributed by atoms with E-state index in [2.05, 4.69) is 0 Å². The van der Waals surface area contributed by atoms with E-state index in [0.29, 0.717) is 0 Å². The van der Waals surface area contributed by atoms with Crippen molar-refractivity contribution < 1.29 is 13.2 Å². The first-order chi connectivity index (χ1) is 8.29. The minimum atomic E-state index is -4.22. The second-order valence-electron chi connectivity index (χ2n) is 4.18. The van der Waals surface area contributed by atoms with Crippen LogP contribution in [0.1, 0.15) is 11.5 Å². The lowest BCUT2D eigenvalue weighted by Crippen LogP contribution is -2.37. The Balaban J connectivity index is 2.74. The number of hydrogen-bond donors (Lipinski definition) is 1. The number of nitrogens with two attached hydrogens (primary N) is 1. The van der Waals surface area contributed by atoms with Crippen molar-refractivity contribution in [3.63, 3.8) is 0 Å². The van der Waals surface area contributed by atoms with Crippen molar-refractivity contribution in [2.75, 3.05) is 20.1 Å². The van der Waals surface area contributed by atoms with Gasteiger partial charge < -0.3 is 5.73 Å². The number of thiocarbonyl (C=S) groups is 1. The van der Waals surface area contributed by atoms with Crippen LogP contribution in [0.25, 0.3) is 0 Å². The normalized spacial score (nSPS) is 13.6. The number of rotatable bonds is 5. The average Bonchev–Trinajstić information content (AvgIpc) is 2.24. The van der Waals surface area contributed by atoms with E-state index in [4.69, 9.17) is 18.0 Å². The molecule has 2 nitrogen and oxygen atoms in total. The highest BCUT2D eigenvalue weighted by Gasteiger charge is 2.30. The van der Waals surface area contributed by atoms with Gasteiger partial charge in [-0.2, -0.15) is 13.2 Å². The molecule has 0 aliphatic heterocycles. The lowest BCUT2D eigenvalue weighted by molar-refractivity contribution is -0.143. The Kier molecular flexibility index (Phi) is 5.10. The molecule has 6 heteroatoms. The Morgan fingerprint density at radius 2 is 1.89 bits per heavy atom. The summed E-state index contributed by atoms with van der Waals surface area (Å²) < 4.78 is 36.8. The van der Waals surface area contributed by atoms with Gasteiger partial charge in [0.25, 0.3) is 0 Å². The molecule has 0 radical (unpaired) electrons. The molecule has 18 heavy (non-hydrogen) atoms. The summed E-state index contributed by atoms with van der Waals surface area (Å²) in [6.07, 6.45) is -4.22. The highest BCUT2D eigenvalue weighted by molar-refractivity contribution is 7.80. The molecule has 1 aromatic rings. The molecule has 100 valence electrons. The molecule has 0 aromatic heterocycles. The Morgan fingerprint density at radius 3 is 2.33 bits per heavy atom. The van der Waals surface area contributed by atoms with Crippen LogP contribution in [0, 0.1) is 0 Å². The molecule has 0 spiro atoms. The highest BCUT2D eigenvalue weighted by Crippen LogP contribution is 2.20. The van der Waals surface area contributed by atoms with Crippen molar-refractivity contribution in [1.29, 1.82) is 0 Å². The fourth-order valence-electron chi connectivity index (χ4n) is 1.73. The first-order valence-electron chi connectivity index (χ1n) is 5.39. The second-order valence-corrected chi connectivity index (χ2v) is 4.65. The van der Waals surface area contributed by atoms with Crippen LogP contribution in [-0.4, -0.2) is 36.2 Å². The van der Waals surface area contributed by atoms with Crippen LogP contribution >= 0.6 is 12.2 Å². The van der Waals surface area contributed by atoms with E-state index in [0.717, 1.165) is 5.56 Å². The quantitative estimate of drug-likeness (QED) is 0.838. The lowest BCUT2D eigenvalue weighted by Gasteiger charge is -2.24. The number of likely N-dealkylation sites (N-methyl/N-ethyl adjacent to an activating group) is 1. The number of hydrogen-bond acceptors (Lipinski definition) is 2. The van der Waals surface area contributed by atoms with E-state index >= 15 is 0 Å². The molecular weight excluding hydrogens is 261 g/mol. The number of nitrogens with zero attached hydrogens (tertiary/aromatic N) is 1. The van der Waals surface area contributed by atoms with Crippen LogP contribution in [0.3, 0.4) is 0 Å². The first-order valence-corrected chi connectivity index (χ1v) is 5.80. The minimum absolute atomic E-state index is 0.152. The molecular formula is C12H15F3N2S. The van der Waals surface area contributed by atoms with Gasteiger partial charge in [-0.3, -0.25) is 4.90 Å². The summed E-state index contributed by atoms with van der Waals surface area (Å²) in [5.74, 6) is -0.367. The standard InChI is InChI=1S/C12H15F3N2S/c1-17(8-12(13,14)15)7-10(11(16)18)9-5-3-2-4-6-9/h2-6,10H,7-8H2,1H3,(H2,16,18). The zero-order valence-corrected chi connectivity index (χ0v) is 10.8. The van der Waals surface area contributed by atoms with Crippen molar-refractivity contribution in [2.45, 2.75) is 12.1 Å². The van der Waals surface area contributed by atoms with Crippen molar-refractivity contribution in [2.24, 2.45) is 5.73 Å². The van der Waals surface area contributed by atoms with Gasteiger partial charge in [-0.25, -0.2) is 0 Å². The minimum Gasteiger partial charge on any atom is -0.393 e. The largest absolute Gasteiger partial charge is 0.401 e. The van der Waals surface area contributed by atoms with Gasteiger partial charge in [0.05, 0.1) is 11.5 Å². The SMILES string of the molecule is CN(CC(C(N)=S)c1ccccc1)CC(F)(F)F. The fraction of sp³-hybridized carbons (Fsp3) is 0.417. The molecule has 0 saturated carbocycles. The molecule has 1 atom stereocenters. The first kappa shape index (κ1) is 14.9. The van der Waals surface area contributed by atoms with Crippen LogP contribution in [0.4, 0.5) is 13.2 Å². The number of benzene rings is 1. The molecule has 1 unspecified atom stereocenters. The predicted octanol–water partition coefficient (Wildman–Crippen LogP) is 2.55. The van der Waals surface area contributed by atoms with Crippen molar-refractivity contribution in [3.05, 3.63) is 35.9 Å². The van der Waals surface area contributed by atoms with Crippen LogP contribution < -0.4 is 5.73 Å². The zero-order valence-electron chi connectivity index (χ0n) is 9.95. The van der Waals surface area contributed by atoms with E-state index in [-0.39, 0.29) is 17.5 Å². The topological polar surface area (TPSA) is 29.3 Å².